The van der Waals surface area contributed by atoms with E-state index in [2.05, 4.69) is 54.0 Å². The number of anilines is 1. The molecule has 3 heterocycles. The van der Waals surface area contributed by atoms with Gasteiger partial charge in [0, 0.05) is 10.4 Å². The van der Waals surface area contributed by atoms with Gasteiger partial charge in [0.2, 0.25) is 0 Å². The highest BCUT2D eigenvalue weighted by atomic mass is 32.1. The molecule has 0 aliphatic heterocycles. The van der Waals surface area contributed by atoms with Crippen molar-refractivity contribution in [2.45, 2.75) is 20.8 Å². The molecule has 1 aromatic carbocycles. The molecule has 0 radical (unpaired) electrons. The normalized spacial score (nSPS) is 11.0. The van der Waals surface area contributed by atoms with Crippen molar-refractivity contribution >= 4 is 27.4 Å². The third-order valence-electron chi connectivity index (χ3n) is 4.57. The Morgan fingerprint density at radius 2 is 1.96 bits per heavy atom. The molecule has 3 aromatic heterocycles. The lowest BCUT2D eigenvalue weighted by Gasteiger charge is -2.09. The highest BCUT2D eigenvalue weighted by Crippen LogP contribution is 2.40. The molecule has 4 rings (SSSR count). The van der Waals surface area contributed by atoms with E-state index in [4.69, 9.17) is 5.73 Å². The first-order valence-corrected chi connectivity index (χ1v) is 8.88. The highest BCUT2D eigenvalue weighted by Gasteiger charge is 2.20. The van der Waals surface area contributed by atoms with Gasteiger partial charge in [-0.2, -0.15) is 15.0 Å². The zero-order valence-electron chi connectivity index (χ0n) is 14.6. The molecule has 0 amide bonds. The molecule has 4 aromatic rings. The maximum absolute atomic E-state index is 9.17. The van der Waals surface area contributed by atoms with Crippen molar-refractivity contribution in [2.24, 2.45) is 0 Å². The average Bonchev–Trinajstić information content (AvgIpc) is 3.16. The van der Waals surface area contributed by atoms with Gasteiger partial charge < -0.3 is 5.73 Å². The van der Waals surface area contributed by atoms with Crippen molar-refractivity contribution in [2.75, 3.05) is 5.73 Å². The second kappa shape index (κ2) is 5.93. The second-order valence-corrected chi connectivity index (χ2v) is 7.38. The molecule has 128 valence electrons. The summed E-state index contributed by atoms with van der Waals surface area (Å²) in [5.41, 5.74) is 11.1. The summed E-state index contributed by atoms with van der Waals surface area (Å²) >= 11 is 1.61. The molecule has 0 unspecified atom stereocenters. The Bertz CT molecular complexity index is 1190. The van der Waals surface area contributed by atoms with Crippen molar-refractivity contribution in [1.82, 2.24) is 19.7 Å². The van der Waals surface area contributed by atoms with Gasteiger partial charge in [0.1, 0.15) is 28.6 Å². The number of thiophene rings is 1. The summed E-state index contributed by atoms with van der Waals surface area (Å²) in [5, 5.41) is 14.3. The molecular weight excluding hydrogens is 344 g/mol. The standard InChI is InChI=1S/C19H16N6S/c1-10-4-5-13(6-11(10)2)15-12(3)26-19-16(15)18(22-9-23-19)25-17(21)14(7-20)8-24-25/h4-6,8-9H,21H2,1-3H3. The monoisotopic (exact) mass is 360 g/mol. The molecule has 0 spiro atoms. The van der Waals surface area contributed by atoms with E-state index in [0.29, 0.717) is 11.4 Å². The molecule has 26 heavy (non-hydrogen) atoms. The summed E-state index contributed by atoms with van der Waals surface area (Å²) < 4.78 is 1.51. The number of fused-ring (bicyclic) bond motifs is 1. The zero-order valence-corrected chi connectivity index (χ0v) is 15.4. The number of nitrogen functional groups attached to an aromatic ring is 1. The van der Waals surface area contributed by atoms with Crippen molar-refractivity contribution in [3.05, 3.63) is 52.3 Å². The number of hydrogen-bond acceptors (Lipinski definition) is 6. The number of nitrogens with two attached hydrogens (primary N) is 1. The molecule has 0 fully saturated rings. The van der Waals surface area contributed by atoms with Crippen molar-refractivity contribution in [1.29, 1.82) is 5.26 Å². The van der Waals surface area contributed by atoms with Crippen LogP contribution < -0.4 is 5.73 Å². The predicted octanol–water partition coefficient (Wildman–Crippen LogP) is 3.92. The fraction of sp³-hybridized carbons (Fsp3) is 0.158. The maximum Gasteiger partial charge on any atom is 0.168 e. The molecule has 2 N–H and O–H groups in total. The van der Waals surface area contributed by atoms with Gasteiger partial charge in [-0.1, -0.05) is 18.2 Å². The van der Waals surface area contributed by atoms with Crippen LogP contribution in [-0.4, -0.2) is 19.7 Å². The third kappa shape index (κ3) is 2.35. The second-order valence-electron chi connectivity index (χ2n) is 6.18. The third-order valence-corrected chi connectivity index (χ3v) is 5.58. The summed E-state index contributed by atoms with van der Waals surface area (Å²) in [6, 6.07) is 8.45. The molecule has 7 heteroatoms. The maximum atomic E-state index is 9.17. The number of aryl methyl sites for hydroxylation is 3. The molecule has 0 aliphatic carbocycles. The van der Waals surface area contributed by atoms with Gasteiger partial charge in [0.15, 0.2) is 5.82 Å². The summed E-state index contributed by atoms with van der Waals surface area (Å²) in [6.45, 7) is 6.28. The van der Waals surface area contributed by atoms with Crippen molar-refractivity contribution < 1.29 is 0 Å². The van der Waals surface area contributed by atoms with Gasteiger partial charge in [-0.15, -0.1) is 11.3 Å². The van der Waals surface area contributed by atoms with E-state index in [9.17, 15) is 5.26 Å². The van der Waals surface area contributed by atoms with E-state index >= 15 is 0 Å². The van der Waals surface area contributed by atoms with E-state index in [1.54, 1.807) is 11.3 Å². The smallest absolute Gasteiger partial charge is 0.168 e. The number of rotatable bonds is 2. The molecule has 6 nitrogen and oxygen atoms in total. The quantitative estimate of drug-likeness (QED) is 0.585. The van der Waals surface area contributed by atoms with E-state index in [1.165, 1.54) is 28.3 Å². The molecule has 0 bridgehead atoms. The molecule has 0 aliphatic rings. The minimum absolute atomic E-state index is 0.280. The summed E-state index contributed by atoms with van der Waals surface area (Å²) in [5.74, 6) is 0.869. The van der Waals surface area contributed by atoms with E-state index in [0.717, 1.165) is 26.2 Å². The first-order chi connectivity index (χ1) is 12.5. The van der Waals surface area contributed by atoms with Gasteiger partial charge in [0.25, 0.3) is 0 Å². The number of aromatic nitrogens is 4. The Hall–Kier alpha value is -3.24. The number of nitriles is 1. The fourth-order valence-corrected chi connectivity index (χ4v) is 4.05. The number of benzene rings is 1. The summed E-state index contributed by atoms with van der Waals surface area (Å²) in [4.78, 5) is 10.9. The Morgan fingerprint density at radius 1 is 1.15 bits per heavy atom. The lowest BCUT2D eigenvalue weighted by atomic mass is 9.99. The van der Waals surface area contributed by atoms with Gasteiger partial charge in [-0.05, 0) is 37.5 Å². The fourth-order valence-electron chi connectivity index (χ4n) is 3.05. The lowest BCUT2D eigenvalue weighted by molar-refractivity contribution is 0.862. The van der Waals surface area contributed by atoms with Crippen LogP contribution in [0, 0.1) is 32.1 Å². The van der Waals surface area contributed by atoms with Crippen LogP contribution >= 0.6 is 11.3 Å². The first kappa shape index (κ1) is 16.2. The summed E-state index contributed by atoms with van der Waals surface area (Å²) in [7, 11) is 0. The lowest BCUT2D eigenvalue weighted by Crippen LogP contribution is -2.05. The predicted molar refractivity (Wildman–Crippen MR) is 103 cm³/mol. The minimum atomic E-state index is 0.280. The average molecular weight is 360 g/mol. The molecule has 0 saturated carbocycles. The largest absolute Gasteiger partial charge is 0.382 e. The minimum Gasteiger partial charge on any atom is -0.382 e. The van der Waals surface area contributed by atoms with Crippen LogP contribution in [0.1, 0.15) is 21.6 Å². The molecule has 0 atom stereocenters. The van der Waals surface area contributed by atoms with Gasteiger partial charge in [-0.3, -0.25) is 0 Å². The van der Waals surface area contributed by atoms with Gasteiger partial charge in [0.05, 0.1) is 11.6 Å². The number of hydrogen-bond donors (Lipinski definition) is 1. The number of nitrogens with zero attached hydrogens (tertiary/aromatic N) is 5. The Labute approximate surface area is 154 Å². The van der Waals surface area contributed by atoms with Crippen LogP contribution in [-0.2, 0) is 0 Å². The van der Waals surface area contributed by atoms with Crippen molar-refractivity contribution in [3.63, 3.8) is 0 Å². The first-order valence-electron chi connectivity index (χ1n) is 8.07. The Balaban J connectivity index is 2.06. The zero-order chi connectivity index (χ0) is 18.4. The Kier molecular flexibility index (Phi) is 3.71. The Morgan fingerprint density at radius 3 is 2.65 bits per heavy atom. The van der Waals surface area contributed by atoms with Crippen LogP contribution in [0.15, 0.2) is 30.7 Å². The van der Waals surface area contributed by atoms with Crippen LogP contribution in [0.2, 0.25) is 0 Å². The van der Waals surface area contributed by atoms with Crippen LogP contribution in [0.5, 0.6) is 0 Å². The van der Waals surface area contributed by atoms with Gasteiger partial charge >= 0.3 is 0 Å². The van der Waals surface area contributed by atoms with Crippen molar-refractivity contribution in [3.8, 4) is 23.0 Å². The van der Waals surface area contributed by atoms with E-state index in [1.807, 2.05) is 6.07 Å². The van der Waals surface area contributed by atoms with E-state index in [-0.39, 0.29) is 5.82 Å². The van der Waals surface area contributed by atoms with Crippen LogP contribution in [0.4, 0.5) is 5.82 Å². The van der Waals surface area contributed by atoms with E-state index < -0.39 is 0 Å². The van der Waals surface area contributed by atoms with Crippen LogP contribution in [0.25, 0.3) is 27.2 Å². The van der Waals surface area contributed by atoms with Crippen LogP contribution in [0.3, 0.4) is 0 Å². The molecular formula is C19H16N6S. The van der Waals surface area contributed by atoms with Gasteiger partial charge in [-0.25, -0.2) is 9.97 Å². The molecule has 0 saturated heterocycles. The SMILES string of the molecule is Cc1ccc(-c2c(C)sc3ncnc(-n4ncc(C#N)c4N)c23)cc1C. The summed E-state index contributed by atoms with van der Waals surface area (Å²) in [6.07, 6.45) is 2.96. The highest BCUT2D eigenvalue weighted by molar-refractivity contribution is 7.19. The topological polar surface area (TPSA) is 93.4 Å².